The molecule has 3 nitrogen and oxygen atoms in total. The van der Waals surface area contributed by atoms with Crippen molar-refractivity contribution in [1.82, 2.24) is 10.2 Å². The number of piperidine rings is 1. The first-order chi connectivity index (χ1) is 10.9. The van der Waals surface area contributed by atoms with Crippen molar-refractivity contribution < 1.29 is 4.42 Å². The van der Waals surface area contributed by atoms with E-state index in [2.05, 4.69) is 40.5 Å². The predicted octanol–water partition coefficient (Wildman–Crippen LogP) is 3.47. The van der Waals surface area contributed by atoms with Crippen LogP contribution in [0.2, 0.25) is 0 Å². The Kier molecular flexibility index (Phi) is 5.68. The average molecular weight is 298 g/mol. The van der Waals surface area contributed by atoms with Crippen LogP contribution in [0, 0.1) is 0 Å². The van der Waals surface area contributed by atoms with Crippen molar-refractivity contribution in [1.29, 1.82) is 0 Å². The number of benzene rings is 1. The molecule has 3 rings (SSSR count). The lowest BCUT2D eigenvalue weighted by Gasteiger charge is -2.32. The van der Waals surface area contributed by atoms with Crippen LogP contribution in [0.1, 0.15) is 30.6 Å². The molecule has 1 aromatic heterocycles. The lowest BCUT2D eigenvalue weighted by molar-refractivity contribution is 0.194. The maximum atomic E-state index is 5.37. The van der Waals surface area contributed by atoms with Crippen LogP contribution in [-0.4, -0.2) is 30.6 Å². The number of hydrogen-bond donors (Lipinski definition) is 1. The molecule has 1 fully saturated rings. The Hall–Kier alpha value is -1.58. The zero-order valence-electron chi connectivity index (χ0n) is 13.2. The molecule has 1 aromatic carbocycles. The maximum Gasteiger partial charge on any atom is 0.117 e. The molecule has 0 aliphatic carbocycles. The van der Waals surface area contributed by atoms with Gasteiger partial charge in [-0.15, -0.1) is 0 Å². The molecule has 1 aliphatic rings. The van der Waals surface area contributed by atoms with E-state index in [1.807, 2.05) is 12.1 Å². The first-order valence-corrected chi connectivity index (χ1v) is 8.42. The van der Waals surface area contributed by atoms with Gasteiger partial charge in [-0.3, -0.25) is 0 Å². The summed E-state index contributed by atoms with van der Waals surface area (Å²) in [4.78, 5) is 2.61. The van der Waals surface area contributed by atoms with Gasteiger partial charge in [0.2, 0.25) is 0 Å². The Balaban J connectivity index is 1.30. The highest BCUT2D eigenvalue weighted by atomic mass is 16.3. The van der Waals surface area contributed by atoms with Gasteiger partial charge in [0.25, 0.3) is 0 Å². The van der Waals surface area contributed by atoms with Crippen LogP contribution in [-0.2, 0) is 13.0 Å². The zero-order chi connectivity index (χ0) is 15.0. The summed E-state index contributed by atoms with van der Waals surface area (Å²) >= 11 is 0. The Morgan fingerprint density at radius 1 is 1.05 bits per heavy atom. The highest BCUT2D eigenvalue weighted by molar-refractivity contribution is 5.14. The summed E-state index contributed by atoms with van der Waals surface area (Å²) in [6, 6.07) is 15.4. The van der Waals surface area contributed by atoms with Gasteiger partial charge in [-0.05, 0) is 63.0 Å². The van der Waals surface area contributed by atoms with Gasteiger partial charge < -0.3 is 14.6 Å². The number of likely N-dealkylation sites (tertiary alicyclic amines) is 1. The predicted molar refractivity (Wildman–Crippen MR) is 89.8 cm³/mol. The molecule has 1 saturated heterocycles. The smallest absolute Gasteiger partial charge is 0.117 e. The number of hydrogen-bond acceptors (Lipinski definition) is 3. The molecule has 0 saturated carbocycles. The van der Waals surface area contributed by atoms with Crippen molar-refractivity contribution in [2.45, 2.75) is 38.3 Å². The van der Waals surface area contributed by atoms with Crippen molar-refractivity contribution in [3.05, 3.63) is 60.1 Å². The summed E-state index contributed by atoms with van der Waals surface area (Å²) in [6.07, 6.45) is 6.68. The molecule has 0 bridgehead atoms. The van der Waals surface area contributed by atoms with Gasteiger partial charge in [-0.1, -0.05) is 30.3 Å². The third-order valence-electron chi connectivity index (χ3n) is 4.52. The summed E-state index contributed by atoms with van der Waals surface area (Å²) in [5.74, 6) is 1.03. The van der Waals surface area contributed by atoms with E-state index in [4.69, 9.17) is 4.42 Å². The second-order valence-corrected chi connectivity index (χ2v) is 6.17. The van der Waals surface area contributed by atoms with Gasteiger partial charge in [0.05, 0.1) is 12.8 Å². The minimum Gasteiger partial charge on any atom is -0.468 e. The first kappa shape index (κ1) is 15.3. The van der Waals surface area contributed by atoms with Crippen LogP contribution in [0.3, 0.4) is 0 Å². The van der Waals surface area contributed by atoms with Gasteiger partial charge in [0, 0.05) is 6.04 Å². The average Bonchev–Trinajstić information content (AvgIpc) is 3.09. The number of aryl methyl sites for hydroxylation is 1. The highest BCUT2D eigenvalue weighted by Gasteiger charge is 2.18. The van der Waals surface area contributed by atoms with E-state index in [1.54, 1.807) is 6.26 Å². The Bertz CT molecular complexity index is 516. The monoisotopic (exact) mass is 298 g/mol. The van der Waals surface area contributed by atoms with E-state index in [1.165, 1.54) is 50.9 Å². The Morgan fingerprint density at radius 3 is 2.59 bits per heavy atom. The molecule has 2 aromatic rings. The van der Waals surface area contributed by atoms with E-state index in [0.29, 0.717) is 6.04 Å². The van der Waals surface area contributed by atoms with E-state index < -0.39 is 0 Å². The third kappa shape index (κ3) is 4.72. The van der Waals surface area contributed by atoms with Crippen molar-refractivity contribution in [3.63, 3.8) is 0 Å². The second kappa shape index (κ2) is 8.16. The molecule has 1 N–H and O–H groups in total. The van der Waals surface area contributed by atoms with Crippen LogP contribution in [0.5, 0.6) is 0 Å². The minimum absolute atomic E-state index is 0.635. The first-order valence-electron chi connectivity index (χ1n) is 8.42. The van der Waals surface area contributed by atoms with Crippen LogP contribution in [0.15, 0.2) is 53.1 Å². The van der Waals surface area contributed by atoms with Gasteiger partial charge in [-0.25, -0.2) is 0 Å². The van der Waals surface area contributed by atoms with Gasteiger partial charge in [0.1, 0.15) is 5.76 Å². The van der Waals surface area contributed by atoms with Crippen molar-refractivity contribution in [2.24, 2.45) is 0 Å². The van der Waals surface area contributed by atoms with E-state index >= 15 is 0 Å². The van der Waals surface area contributed by atoms with Crippen molar-refractivity contribution in [3.8, 4) is 0 Å². The fraction of sp³-hybridized carbons (Fsp3) is 0.474. The molecule has 118 valence electrons. The lowest BCUT2D eigenvalue weighted by Crippen LogP contribution is -2.42. The van der Waals surface area contributed by atoms with Gasteiger partial charge in [-0.2, -0.15) is 0 Å². The van der Waals surface area contributed by atoms with E-state index in [-0.39, 0.29) is 0 Å². The highest BCUT2D eigenvalue weighted by Crippen LogP contribution is 2.13. The molecule has 0 atom stereocenters. The minimum atomic E-state index is 0.635. The van der Waals surface area contributed by atoms with Gasteiger partial charge in [0.15, 0.2) is 0 Å². The molecule has 0 unspecified atom stereocenters. The van der Waals surface area contributed by atoms with Crippen LogP contribution >= 0.6 is 0 Å². The Morgan fingerprint density at radius 2 is 1.86 bits per heavy atom. The molecular formula is C19H26N2O. The SMILES string of the molecule is c1ccc(CCCN2CCC(NCc3ccco3)CC2)cc1. The summed E-state index contributed by atoms with van der Waals surface area (Å²) in [6.45, 7) is 4.50. The number of furan rings is 1. The normalized spacial score (nSPS) is 16.9. The summed E-state index contributed by atoms with van der Waals surface area (Å²) in [5.41, 5.74) is 1.46. The molecule has 22 heavy (non-hydrogen) atoms. The fourth-order valence-corrected chi connectivity index (χ4v) is 3.17. The van der Waals surface area contributed by atoms with Crippen molar-refractivity contribution >= 4 is 0 Å². The zero-order valence-corrected chi connectivity index (χ0v) is 13.2. The van der Waals surface area contributed by atoms with Crippen molar-refractivity contribution in [2.75, 3.05) is 19.6 Å². The van der Waals surface area contributed by atoms with Crippen LogP contribution < -0.4 is 5.32 Å². The third-order valence-corrected chi connectivity index (χ3v) is 4.52. The standard InChI is InChI=1S/C19H26N2O/c1-2-6-17(7-3-1)8-4-12-21-13-10-18(11-14-21)20-16-19-9-5-15-22-19/h1-3,5-7,9,15,18,20H,4,8,10-14,16H2. The molecule has 2 heterocycles. The number of nitrogens with one attached hydrogen (secondary N) is 1. The van der Waals surface area contributed by atoms with E-state index in [0.717, 1.165) is 12.3 Å². The number of nitrogens with zero attached hydrogens (tertiary/aromatic N) is 1. The second-order valence-electron chi connectivity index (χ2n) is 6.17. The molecule has 0 radical (unpaired) electrons. The largest absolute Gasteiger partial charge is 0.468 e. The molecule has 3 heteroatoms. The number of rotatable bonds is 7. The maximum absolute atomic E-state index is 5.37. The van der Waals surface area contributed by atoms with Crippen LogP contribution in [0.25, 0.3) is 0 Å². The summed E-state index contributed by atoms with van der Waals surface area (Å²) in [5, 5.41) is 3.61. The van der Waals surface area contributed by atoms with Crippen LogP contribution in [0.4, 0.5) is 0 Å². The lowest BCUT2D eigenvalue weighted by atomic mass is 10.0. The quantitative estimate of drug-likeness (QED) is 0.848. The summed E-state index contributed by atoms with van der Waals surface area (Å²) in [7, 11) is 0. The molecular weight excluding hydrogens is 272 g/mol. The summed E-state index contributed by atoms with van der Waals surface area (Å²) < 4.78 is 5.37. The molecule has 0 amide bonds. The topological polar surface area (TPSA) is 28.4 Å². The Labute approximate surface area is 133 Å². The van der Waals surface area contributed by atoms with E-state index in [9.17, 15) is 0 Å². The fourth-order valence-electron chi connectivity index (χ4n) is 3.17. The van der Waals surface area contributed by atoms with Gasteiger partial charge >= 0.3 is 0 Å². The molecule has 0 spiro atoms. The molecule has 1 aliphatic heterocycles.